The van der Waals surface area contributed by atoms with Gasteiger partial charge in [-0.1, -0.05) is 0 Å². The van der Waals surface area contributed by atoms with Crippen molar-refractivity contribution < 1.29 is 9.47 Å². The first-order valence-corrected chi connectivity index (χ1v) is 9.53. The normalized spacial score (nSPS) is 14.2. The summed E-state index contributed by atoms with van der Waals surface area (Å²) in [5.74, 6) is 1.07. The molecule has 1 aliphatic rings. The minimum Gasteiger partial charge on any atom is -0.489 e. The van der Waals surface area contributed by atoms with Gasteiger partial charge in [-0.05, 0) is 43.3 Å². The van der Waals surface area contributed by atoms with E-state index in [2.05, 4.69) is 26.3 Å². The van der Waals surface area contributed by atoms with Gasteiger partial charge in [-0.2, -0.15) is 5.26 Å². The number of pyridine rings is 1. The molecular formula is C22H21N5O2. The molecule has 1 aromatic carbocycles. The molecule has 7 nitrogen and oxygen atoms in total. The Balaban J connectivity index is 1.54. The first kappa shape index (κ1) is 18.8. The second-order valence-corrected chi connectivity index (χ2v) is 6.83. The fraction of sp³-hybridized carbons (Fsp3) is 0.273. The van der Waals surface area contributed by atoms with Crippen molar-refractivity contribution in [2.24, 2.45) is 0 Å². The van der Waals surface area contributed by atoms with Crippen LogP contribution in [-0.2, 0) is 4.74 Å². The van der Waals surface area contributed by atoms with Crippen molar-refractivity contribution in [2.75, 3.05) is 18.5 Å². The Bertz CT molecular complexity index is 1020. The quantitative estimate of drug-likeness (QED) is 0.707. The Kier molecular flexibility index (Phi) is 5.63. The van der Waals surface area contributed by atoms with Gasteiger partial charge in [0.2, 0.25) is 5.95 Å². The van der Waals surface area contributed by atoms with E-state index in [1.165, 1.54) is 0 Å². The maximum atomic E-state index is 9.58. The van der Waals surface area contributed by atoms with Gasteiger partial charge in [0.15, 0.2) is 0 Å². The number of nitrogens with one attached hydrogen (secondary N) is 1. The Morgan fingerprint density at radius 1 is 1.14 bits per heavy atom. The van der Waals surface area contributed by atoms with Gasteiger partial charge in [0, 0.05) is 30.3 Å². The largest absolute Gasteiger partial charge is 0.489 e. The maximum absolute atomic E-state index is 9.58. The van der Waals surface area contributed by atoms with Crippen molar-refractivity contribution in [3.8, 4) is 23.1 Å². The summed E-state index contributed by atoms with van der Waals surface area (Å²) in [6, 6.07) is 13.4. The summed E-state index contributed by atoms with van der Waals surface area (Å²) >= 11 is 0. The van der Waals surface area contributed by atoms with Crippen LogP contribution >= 0.6 is 0 Å². The molecule has 1 aliphatic heterocycles. The van der Waals surface area contributed by atoms with Crippen molar-refractivity contribution in [3.05, 3.63) is 60.0 Å². The second-order valence-electron chi connectivity index (χ2n) is 6.83. The average molecular weight is 387 g/mol. The molecule has 3 aromatic rings. The third-order valence-corrected chi connectivity index (χ3v) is 4.68. The van der Waals surface area contributed by atoms with E-state index < -0.39 is 0 Å². The van der Waals surface area contributed by atoms with Crippen LogP contribution in [0.2, 0.25) is 0 Å². The fourth-order valence-corrected chi connectivity index (χ4v) is 3.10. The SMILES string of the molecule is Cc1ccc(Nc2nccc(-c3ccc(OC4CCOCC4)c(C#N)c3)n2)cn1. The molecule has 0 aliphatic carbocycles. The Hall–Kier alpha value is -3.50. The average Bonchev–Trinajstić information content (AvgIpc) is 2.76. The standard InChI is InChI=1S/C22H21N5O2/c1-15-2-4-18(14-25-15)26-22-24-9-6-20(27-22)16-3-5-21(17(12-16)13-23)29-19-7-10-28-11-8-19/h2-6,9,12,14,19H,7-8,10-11H2,1H3,(H,24,26,27). The van der Waals surface area contributed by atoms with E-state index in [4.69, 9.17) is 9.47 Å². The molecule has 3 heterocycles. The third-order valence-electron chi connectivity index (χ3n) is 4.68. The van der Waals surface area contributed by atoms with Crippen molar-refractivity contribution in [3.63, 3.8) is 0 Å². The van der Waals surface area contributed by atoms with Crippen molar-refractivity contribution in [2.45, 2.75) is 25.9 Å². The predicted molar refractivity (Wildman–Crippen MR) is 109 cm³/mol. The summed E-state index contributed by atoms with van der Waals surface area (Å²) < 4.78 is 11.4. The van der Waals surface area contributed by atoms with E-state index in [0.717, 1.165) is 35.5 Å². The molecule has 0 unspecified atom stereocenters. The summed E-state index contributed by atoms with van der Waals surface area (Å²) in [7, 11) is 0. The number of aryl methyl sites for hydroxylation is 1. The monoisotopic (exact) mass is 387 g/mol. The molecule has 29 heavy (non-hydrogen) atoms. The third kappa shape index (κ3) is 4.68. The van der Waals surface area contributed by atoms with E-state index in [9.17, 15) is 5.26 Å². The zero-order valence-corrected chi connectivity index (χ0v) is 16.1. The van der Waals surface area contributed by atoms with Crippen LogP contribution in [0.5, 0.6) is 5.75 Å². The van der Waals surface area contributed by atoms with E-state index in [0.29, 0.717) is 30.5 Å². The van der Waals surface area contributed by atoms with Crippen LogP contribution in [0.25, 0.3) is 11.3 Å². The second kappa shape index (κ2) is 8.67. The molecule has 0 radical (unpaired) electrons. The molecule has 0 amide bonds. The lowest BCUT2D eigenvalue weighted by Crippen LogP contribution is -2.26. The molecular weight excluding hydrogens is 366 g/mol. The molecule has 0 saturated carbocycles. The van der Waals surface area contributed by atoms with Crippen LogP contribution in [0.4, 0.5) is 11.6 Å². The van der Waals surface area contributed by atoms with Crippen LogP contribution in [0.3, 0.4) is 0 Å². The number of anilines is 2. The highest BCUT2D eigenvalue weighted by Gasteiger charge is 2.17. The number of nitriles is 1. The van der Waals surface area contributed by atoms with Gasteiger partial charge in [-0.15, -0.1) is 0 Å². The van der Waals surface area contributed by atoms with Crippen LogP contribution < -0.4 is 10.1 Å². The molecule has 7 heteroatoms. The van der Waals surface area contributed by atoms with Crippen LogP contribution in [0.1, 0.15) is 24.1 Å². The molecule has 0 spiro atoms. The minimum atomic E-state index is 0.0830. The molecule has 1 fully saturated rings. The Labute approximate surface area is 169 Å². The maximum Gasteiger partial charge on any atom is 0.227 e. The van der Waals surface area contributed by atoms with Crippen LogP contribution in [-0.4, -0.2) is 34.3 Å². The predicted octanol–water partition coefficient (Wildman–Crippen LogP) is 4.02. The van der Waals surface area contributed by atoms with Crippen molar-refractivity contribution in [1.29, 1.82) is 5.26 Å². The van der Waals surface area contributed by atoms with Crippen LogP contribution in [0, 0.1) is 18.3 Å². The van der Waals surface area contributed by atoms with E-state index in [-0.39, 0.29) is 6.10 Å². The highest BCUT2D eigenvalue weighted by Crippen LogP contribution is 2.28. The highest BCUT2D eigenvalue weighted by molar-refractivity contribution is 5.65. The number of rotatable bonds is 5. The zero-order valence-electron chi connectivity index (χ0n) is 16.1. The zero-order chi connectivity index (χ0) is 20.1. The van der Waals surface area contributed by atoms with Gasteiger partial charge < -0.3 is 14.8 Å². The van der Waals surface area contributed by atoms with Gasteiger partial charge in [0.05, 0.1) is 36.4 Å². The number of nitrogens with zero attached hydrogens (tertiary/aromatic N) is 4. The van der Waals surface area contributed by atoms with Gasteiger partial charge in [-0.3, -0.25) is 4.98 Å². The number of ether oxygens (including phenoxy) is 2. The summed E-state index contributed by atoms with van der Waals surface area (Å²) in [6.07, 6.45) is 5.18. The lowest BCUT2D eigenvalue weighted by molar-refractivity contribution is 0.0254. The lowest BCUT2D eigenvalue weighted by Gasteiger charge is -2.23. The minimum absolute atomic E-state index is 0.0830. The molecule has 0 bridgehead atoms. The Morgan fingerprint density at radius 3 is 2.76 bits per heavy atom. The molecule has 4 rings (SSSR count). The van der Waals surface area contributed by atoms with Gasteiger partial charge in [0.25, 0.3) is 0 Å². The molecule has 0 atom stereocenters. The first-order chi connectivity index (χ1) is 14.2. The fourth-order valence-electron chi connectivity index (χ4n) is 3.10. The van der Waals surface area contributed by atoms with Crippen molar-refractivity contribution >= 4 is 11.6 Å². The van der Waals surface area contributed by atoms with E-state index in [1.807, 2.05) is 37.3 Å². The molecule has 1 N–H and O–H groups in total. The Morgan fingerprint density at radius 2 is 2.00 bits per heavy atom. The van der Waals surface area contributed by atoms with Crippen molar-refractivity contribution in [1.82, 2.24) is 15.0 Å². The number of hydrogen-bond donors (Lipinski definition) is 1. The lowest BCUT2D eigenvalue weighted by atomic mass is 10.1. The highest BCUT2D eigenvalue weighted by atomic mass is 16.5. The topological polar surface area (TPSA) is 93.0 Å². The summed E-state index contributed by atoms with van der Waals surface area (Å²) in [5.41, 5.74) is 3.79. The first-order valence-electron chi connectivity index (χ1n) is 9.53. The van der Waals surface area contributed by atoms with Crippen LogP contribution in [0.15, 0.2) is 48.8 Å². The molecule has 146 valence electrons. The van der Waals surface area contributed by atoms with Gasteiger partial charge in [0.1, 0.15) is 17.9 Å². The summed E-state index contributed by atoms with van der Waals surface area (Å²) in [5, 5.41) is 12.7. The molecule has 1 saturated heterocycles. The van der Waals surface area contributed by atoms with E-state index in [1.54, 1.807) is 18.5 Å². The number of hydrogen-bond acceptors (Lipinski definition) is 7. The van der Waals surface area contributed by atoms with Gasteiger partial charge >= 0.3 is 0 Å². The number of aromatic nitrogens is 3. The number of benzene rings is 1. The van der Waals surface area contributed by atoms with Gasteiger partial charge in [-0.25, -0.2) is 9.97 Å². The molecule has 2 aromatic heterocycles. The summed E-state index contributed by atoms with van der Waals surface area (Å²) in [6.45, 7) is 3.32. The smallest absolute Gasteiger partial charge is 0.227 e. The summed E-state index contributed by atoms with van der Waals surface area (Å²) in [4.78, 5) is 13.1. The van der Waals surface area contributed by atoms with E-state index >= 15 is 0 Å².